The van der Waals surface area contributed by atoms with Crippen LogP contribution in [0.5, 0.6) is 0 Å². The quantitative estimate of drug-likeness (QED) is 0.143. The third-order valence-corrected chi connectivity index (χ3v) is 8.22. The average Bonchev–Trinajstić information content (AvgIpc) is 2.95. The van der Waals surface area contributed by atoms with E-state index in [9.17, 15) is 18.0 Å². The Morgan fingerprint density at radius 1 is 0.795 bits per heavy atom. The number of benzene rings is 3. The summed E-state index contributed by atoms with van der Waals surface area (Å²) >= 11 is 2.04. The Balaban J connectivity index is 1.73. The Hall–Kier alpha value is -2.84. The van der Waals surface area contributed by atoms with E-state index in [1.807, 2.05) is 29.5 Å². The molecular formula is C28H27IO9S. The monoisotopic (exact) mass is 666 g/mol. The zero-order valence-electron chi connectivity index (χ0n) is 21.1. The lowest BCUT2D eigenvalue weighted by molar-refractivity contribution is -0.276. The van der Waals surface area contributed by atoms with Crippen LogP contribution in [0.25, 0.3) is 0 Å². The molecule has 0 saturated carbocycles. The summed E-state index contributed by atoms with van der Waals surface area (Å²) in [7, 11) is -3.06. The lowest BCUT2D eigenvalue weighted by atomic mass is 9.99. The lowest BCUT2D eigenvalue weighted by Crippen LogP contribution is -2.62. The van der Waals surface area contributed by atoms with Crippen molar-refractivity contribution in [3.8, 4) is 0 Å². The zero-order chi connectivity index (χ0) is 28.0. The summed E-state index contributed by atoms with van der Waals surface area (Å²) in [5.41, 5.74) is 1.34. The molecule has 3 aromatic carbocycles. The topological polar surface area (TPSA) is 114 Å². The second kappa shape index (κ2) is 13.0. The lowest BCUT2D eigenvalue weighted by Gasteiger charge is -2.43. The van der Waals surface area contributed by atoms with Gasteiger partial charge in [0.05, 0.1) is 16.0 Å². The van der Waals surface area contributed by atoms with E-state index in [1.54, 1.807) is 72.8 Å². The number of halogens is 1. The molecule has 1 aliphatic rings. The van der Waals surface area contributed by atoms with Gasteiger partial charge in [0.25, 0.3) is 10.1 Å². The first-order chi connectivity index (χ1) is 18.7. The van der Waals surface area contributed by atoms with Crippen LogP contribution in [0.4, 0.5) is 0 Å². The van der Waals surface area contributed by atoms with Gasteiger partial charge < -0.3 is 18.9 Å². The van der Waals surface area contributed by atoms with E-state index in [0.29, 0.717) is 4.43 Å². The van der Waals surface area contributed by atoms with E-state index in [1.165, 1.54) is 19.2 Å². The number of rotatable bonds is 9. The van der Waals surface area contributed by atoms with Crippen LogP contribution in [0.1, 0.15) is 26.3 Å². The number of hydrogen-bond donors (Lipinski definition) is 0. The minimum absolute atomic E-state index is 0.107. The molecule has 3 aromatic rings. The van der Waals surface area contributed by atoms with Crippen molar-refractivity contribution < 1.29 is 41.1 Å². The van der Waals surface area contributed by atoms with Crippen molar-refractivity contribution >= 4 is 44.6 Å². The first-order valence-corrected chi connectivity index (χ1v) is 14.9. The van der Waals surface area contributed by atoms with Crippen LogP contribution in [0, 0.1) is 6.92 Å². The van der Waals surface area contributed by atoms with Crippen molar-refractivity contribution in [1.82, 2.24) is 0 Å². The number of alkyl halides is 1. The molecular weight excluding hydrogens is 639 g/mol. The maximum Gasteiger partial charge on any atom is 0.338 e. The minimum Gasteiger partial charge on any atom is -0.452 e. The van der Waals surface area contributed by atoms with Crippen molar-refractivity contribution in [2.45, 2.75) is 42.5 Å². The molecule has 0 bridgehead atoms. The number of carbonyl (C=O) groups is 2. The smallest absolute Gasteiger partial charge is 0.338 e. The molecule has 1 aliphatic heterocycles. The molecule has 0 N–H and O–H groups in total. The predicted molar refractivity (Wildman–Crippen MR) is 149 cm³/mol. The van der Waals surface area contributed by atoms with Gasteiger partial charge in [-0.3, -0.25) is 4.18 Å². The SMILES string of the molecule is CO[C@H]1O[C@H](CI)[C@@H](OC(=O)c2ccccc2)[C@H](OC(=O)c2ccccc2)[C@@H]1OS(=O)(=O)c1ccc(C)cc1. The number of esters is 2. The van der Waals surface area contributed by atoms with Crippen LogP contribution < -0.4 is 0 Å². The third kappa shape index (κ3) is 7.03. The Bertz CT molecular complexity index is 1370. The van der Waals surface area contributed by atoms with Gasteiger partial charge in [-0.05, 0) is 43.3 Å². The van der Waals surface area contributed by atoms with Gasteiger partial charge in [0.15, 0.2) is 24.6 Å². The fourth-order valence-corrected chi connectivity index (χ4v) is 5.79. The van der Waals surface area contributed by atoms with Gasteiger partial charge in [-0.2, -0.15) is 8.42 Å². The molecule has 5 atom stereocenters. The van der Waals surface area contributed by atoms with E-state index < -0.39 is 52.8 Å². The molecule has 0 radical (unpaired) electrons. The van der Waals surface area contributed by atoms with E-state index in [2.05, 4.69) is 0 Å². The van der Waals surface area contributed by atoms with Gasteiger partial charge in [0.2, 0.25) is 0 Å². The standard InChI is InChI=1S/C28H27IO9S/c1-18-13-15-21(16-14-18)39(32,33)38-25-24(37-27(31)20-11-7-4-8-12-20)23(22(17-29)35-28(25)34-2)36-26(30)19-9-5-3-6-10-19/h3-16,22-25,28H,17H2,1-2H3/t22-,23-,24+,25+,28+/m1/s1. The van der Waals surface area contributed by atoms with Crippen molar-refractivity contribution in [2.75, 3.05) is 11.5 Å². The Labute approximate surface area is 240 Å². The maximum atomic E-state index is 13.3. The van der Waals surface area contributed by atoms with Gasteiger partial charge in [-0.15, -0.1) is 0 Å². The highest BCUT2D eigenvalue weighted by Crippen LogP contribution is 2.33. The summed E-state index contributed by atoms with van der Waals surface area (Å²) in [6.07, 6.45) is -6.18. The Morgan fingerprint density at radius 2 is 1.31 bits per heavy atom. The fraction of sp³-hybridized carbons (Fsp3) is 0.286. The molecule has 11 heteroatoms. The number of methoxy groups -OCH3 is 1. The molecule has 39 heavy (non-hydrogen) atoms. The molecule has 0 aliphatic carbocycles. The average molecular weight is 666 g/mol. The highest BCUT2D eigenvalue weighted by Gasteiger charge is 2.53. The summed E-state index contributed by atoms with van der Waals surface area (Å²) in [6.45, 7) is 1.82. The van der Waals surface area contributed by atoms with Gasteiger partial charge in [0.1, 0.15) is 6.10 Å². The summed E-state index contributed by atoms with van der Waals surface area (Å²) in [5.74, 6) is -1.46. The van der Waals surface area contributed by atoms with E-state index in [4.69, 9.17) is 23.1 Å². The molecule has 0 amide bonds. The fourth-order valence-electron chi connectivity index (χ4n) is 4.01. The zero-order valence-corrected chi connectivity index (χ0v) is 24.1. The highest BCUT2D eigenvalue weighted by molar-refractivity contribution is 14.1. The summed E-state index contributed by atoms with van der Waals surface area (Å²) in [6, 6.07) is 22.5. The van der Waals surface area contributed by atoms with Crippen LogP contribution in [0.2, 0.25) is 0 Å². The van der Waals surface area contributed by atoms with Crippen molar-refractivity contribution in [2.24, 2.45) is 0 Å². The Morgan fingerprint density at radius 3 is 1.79 bits per heavy atom. The number of hydrogen-bond acceptors (Lipinski definition) is 9. The highest BCUT2D eigenvalue weighted by atomic mass is 127. The molecule has 1 saturated heterocycles. The maximum absolute atomic E-state index is 13.3. The molecule has 1 fully saturated rings. The summed E-state index contributed by atoms with van der Waals surface area (Å²) in [5, 5.41) is 0. The van der Waals surface area contributed by atoms with Gasteiger partial charge in [-0.25, -0.2) is 9.59 Å². The van der Waals surface area contributed by atoms with Crippen LogP contribution in [-0.2, 0) is 33.2 Å². The molecule has 4 rings (SSSR count). The predicted octanol–water partition coefficient (Wildman–Crippen LogP) is 4.33. The normalized spacial score (nSPS) is 23.1. The van der Waals surface area contributed by atoms with Crippen molar-refractivity contribution in [3.63, 3.8) is 0 Å². The first-order valence-electron chi connectivity index (χ1n) is 12.0. The molecule has 9 nitrogen and oxygen atoms in total. The molecule has 206 valence electrons. The van der Waals surface area contributed by atoms with Gasteiger partial charge >= 0.3 is 11.9 Å². The number of ether oxygens (including phenoxy) is 4. The molecule has 0 spiro atoms. The van der Waals surface area contributed by atoms with Gasteiger partial charge in [-0.1, -0.05) is 76.7 Å². The largest absolute Gasteiger partial charge is 0.452 e. The number of carbonyl (C=O) groups excluding carboxylic acids is 2. The minimum atomic E-state index is -4.37. The first kappa shape index (κ1) is 29.2. The van der Waals surface area contributed by atoms with E-state index >= 15 is 0 Å². The molecule has 0 aromatic heterocycles. The van der Waals surface area contributed by atoms with E-state index in [-0.39, 0.29) is 16.0 Å². The molecule has 0 unspecified atom stereocenters. The van der Waals surface area contributed by atoms with Gasteiger partial charge in [0, 0.05) is 11.5 Å². The van der Waals surface area contributed by atoms with Crippen molar-refractivity contribution in [3.05, 3.63) is 102 Å². The van der Waals surface area contributed by atoms with Crippen LogP contribution >= 0.6 is 22.6 Å². The second-order valence-electron chi connectivity index (χ2n) is 8.73. The molecule has 1 heterocycles. The summed E-state index contributed by atoms with van der Waals surface area (Å²) < 4.78 is 55.6. The third-order valence-electron chi connectivity index (χ3n) is 6.03. The van der Waals surface area contributed by atoms with Crippen LogP contribution in [0.3, 0.4) is 0 Å². The van der Waals surface area contributed by atoms with Crippen LogP contribution in [-0.4, -0.2) is 62.6 Å². The van der Waals surface area contributed by atoms with Crippen LogP contribution in [0.15, 0.2) is 89.8 Å². The van der Waals surface area contributed by atoms with Crippen molar-refractivity contribution in [1.29, 1.82) is 0 Å². The second-order valence-corrected chi connectivity index (χ2v) is 11.2. The Kier molecular flexibility index (Phi) is 9.72. The summed E-state index contributed by atoms with van der Waals surface area (Å²) in [4.78, 5) is 26.1. The van der Waals surface area contributed by atoms with E-state index in [0.717, 1.165) is 5.56 Å². The number of aryl methyl sites for hydroxylation is 1.